The third-order valence-electron chi connectivity index (χ3n) is 2.43. The number of ether oxygens (including phenoxy) is 3. The van der Waals surface area contributed by atoms with Gasteiger partial charge < -0.3 is 19.5 Å². The summed E-state index contributed by atoms with van der Waals surface area (Å²) in [6.45, 7) is 1.25. The SMILES string of the molecule is COCCNC(=O)/C=C/c1ccc2c(c1)OCO2. The number of nitrogens with one attached hydrogen (secondary N) is 1. The molecule has 0 atom stereocenters. The van der Waals surface area contributed by atoms with Crippen molar-refractivity contribution in [3.8, 4) is 11.5 Å². The first-order chi connectivity index (χ1) is 8.79. The summed E-state index contributed by atoms with van der Waals surface area (Å²) >= 11 is 0. The van der Waals surface area contributed by atoms with E-state index in [4.69, 9.17) is 14.2 Å². The number of amides is 1. The minimum absolute atomic E-state index is 0.148. The number of carbonyl (C=O) groups excluding carboxylic acids is 1. The fraction of sp³-hybridized carbons (Fsp3) is 0.308. The van der Waals surface area contributed by atoms with Gasteiger partial charge in [-0.05, 0) is 23.8 Å². The highest BCUT2D eigenvalue weighted by Crippen LogP contribution is 2.32. The molecule has 1 aromatic rings. The first kappa shape index (κ1) is 12.4. The average molecular weight is 249 g/mol. The Morgan fingerprint density at radius 3 is 3.11 bits per heavy atom. The van der Waals surface area contributed by atoms with Crippen LogP contribution in [0.3, 0.4) is 0 Å². The van der Waals surface area contributed by atoms with Crippen molar-refractivity contribution in [3.63, 3.8) is 0 Å². The smallest absolute Gasteiger partial charge is 0.244 e. The van der Waals surface area contributed by atoms with Gasteiger partial charge in [-0.3, -0.25) is 4.79 Å². The zero-order valence-corrected chi connectivity index (χ0v) is 10.1. The summed E-state index contributed by atoms with van der Waals surface area (Å²) in [6, 6.07) is 5.53. The van der Waals surface area contributed by atoms with Crippen LogP contribution in [0, 0.1) is 0 Å². The van der Waals surface area contributed by atoms with E-state index in [1.54, 1.807) is 13.2 Å². The molecule has 0 bridgehead atoms. The van der Waals surface area contributed by atoms with Crippen molar-refractivity contribution in [1.29, 1.82) is 0 Å². The van der Waals surface area contributed by atoms with Gasteiger partial charge in [0.2, 0.25) is 12.7 Å². The number of hydrogen-bond acceptors (Lipinski definition) is 4. The van der Waals surface area contributed by atoms with Crippen molar-refractivity contribution in [2.24, 2.45) is 0 Å². The minimum atomic E-state index is -0.148. The monoisotopic (exact) mass is 249 g/mol. The molecular weight excluding hydrogens is 234 g/mol. The molecule has 0 saturated heterocycles. The molecule has 2 rings (SSSR count). The van der Waals surface area contributed by atoms with E-state index in [-0.39, 0.29) is 12.7 Å². The summed E-state index contributed by atoms with van der Waals surface area (Å²) in [6.07, 6.45) is 3.21. The molecule has 0 unspecified atom stereocenters. The van der Waals surface area contributed by atoms with Gasteiger partial charge in [0.05, 0.1) is 6.61 Å². The quantitative estimate of drug-likeness (QED) is 0.629. The van der Waals surface area contributed by atoms with Gasteiger partial charge in [0.1, 0.15) is 0 Å². The molecule has 1 aliphatic rings. The van der Waals surface area contributed by atoms with Crippen LogP contribution in [-0.4, -0.2) is 33.0 Å². The largest absolute Gasteiger partial charge is 0.454 e. The molecule has 1 N–H and O–H groups in total. The highest BCUT2D eigenvalue weighted by atomic mass is 16.7. The van der Waals surface area contributed by atoms with Gasteiger partial charge in [-0.15, -0.1) is 0 Å². The highest BCUT2D eigenvalue weighted by molar-refractivity contribution is 5.91. The molecule has 96 valence electrons. The van der Waals surface area contributed by atoms with E-state index < -0.39 is 0 Å². The highest BCUT2D eigenvalue weighted by Gasteiger charge is 2.12. The molecule has 0 saturated carbocycles. The lowest BCUT2D eigenvalue weighted by Gasteiger charge is -2.00. The van der Waals surface area contributed by atoms with Gasteiger partial charge in [0.15, 0.2) is 11.5 Å². The third-order valence-corrected chi connectivity index (χ3v) is 2.43. The van der Waals surface area contributed by atoms with Crippen molar-refractivity contribution >= 4 is 12.0 Å². The molecule has 1 heterocycles. The van der Waals surface area contributed by atoms with Crippen LogP contribution >= 0.6 is 0 Å². The van der Waals surface area contributed by atoms with E-state index in [0.29, 0.717) is 18.9 Å². The maximum Gasteiger partial charge on any atom is 0.244 e. The summed E-state index contributed by atoms with van der Waals surface area (Å²) in [4.78, 5) is 11.4. The normalized spacial score (nSPS) is 12.9. The second-order valence-electron chi connectivity index (χ2n) is 3.73. The molecule has 1 aliphatic heterocycles. The lowest BCUT2D eigenvalue weighted by Crippen LogP contribution is -2.24. The van der Waals surface area contributed by atoms with Gasteiger partial charge in [0, 0.05) is 19.7 Å². The summed E-state index contributed by atoms with van der Waals surface area (Å²) in [5.41, 5.74) is 0.890. The maximum atomic E-state index is 11.4. The Morgan fingerprint density at radius 1 is 1.44 bits per heavy atom. The van der Waals surface area contributed by atoms with Crippen molar-refractivity contribution < 1.29 is 19.0 Å². The first-order valence-electron chi connectivity index (χ1n) is 5.64. The van der Waals surface area contributed by atoms with E-state index in [1.807, 2.05) is 18.2 Å². The second-order valence-corrected chi connectivity index (χ2v) is 3.73. The molecular formula is C13H15NO4. The molecule has 0 radical (unpaired) electrons. The zero-order valence-electron chi connectivity index (χ0n) is 10.1. The Labute approximate surface area is 105 Å². The van der Waals surface area contributed by atoms with E-state index in [0.717, 1.165) is 11.3 Å². The lowest BCUT2D eigenvalue weighted by atomic mass is 10.2. The number of fused-ring (bicyclic) bond motifs is 1. The molecule has 18 heavy (non-hydrogen) atoms. The van der Waals surface area contributed by atoms with Crippen LogP contribution in [-0.2, 0) is 9.53 Å². The van der Waals surface area contributed by atoms with Crippen LogP contribution in [0.25, 0.3) is 6.08 Å². The summed E-state index contributed by atoms with van der Waals surface area (Å²) < 4.78 is 15.3. The Hall–Kier alpha value is -2.01. The van der Waals surface area contributed by atoms with Crippen molar-refractivity contribution in [2.45, 2.75) is 0 Å². The Bertz CT molecular complexity index is 456. The van der Waals surface area contributed by atoms with Gasteiger partial charge >= 0.3 is 0 Å². The standard InChI is InChI=1S/C13H15NO4/c1-16-7-6-14-13(15)5-3-10-2-4-11-12(8-10)18-9-17-11/h2-5,8H,6-7,9H2,1H3,(H,14,15)/b5-3+. The molecule has 0 aromatic heterocycles. The second kappa shape index (κ2) is 6.07. The van der Waals surface area contributed by atoms with Crippen LogP contribution < -0.4 is 14.8 Å². The van der Waals surface area contributed by atoms with Gasteiger partial charge in [-0.25, -0.2) is 0 Å². The van der Waals surface area contributed by atoms with E-state index in [2.05, 4.69) is 5.32 Å². The lowest BCUT2D eigenvalue weighted by molar-refractivity contribution is -0.116. The minimum Gasteiger partial charge on any atom is -0.454 e. The number of rotatable bonds is 5. The van der Waals surface area contributed by atoms with Crippen LogP contribution in [0.15, 0.2) is 24.3 Å². The zero-order chi connectivity index (χ0) is 12.8. The Balaban J connectivity index is 1.90. The van der Waals surface area contributed by atoms with Gasteiger partial charge in [-0.2, -0.15) is 0 Å². The predicted octanol–water partition coefficient (Wildman–Crippen LogP) is 1.19. The van der Waals surface area contributed by atoms with E-state index in [1.165, 1.54) is 6.08 Å². The van der Waals surface area contributed by atoms with Gasteiger partial charge in [-0.1, -0.05) is 6.07 Å². The summed E-state index contributed by atoms with van der Waals surface area (Å²) in [5, 5.41) is 2.70. The van der Waals surface area contributed by atoms with Crippen LogP contribution in [0.4, 0.5) is 0 Å². The Morgan fingerprint density at radius 2 is 2.28 bits per heavy atom. The molecule has 1 amide bonds. The number of methoxy groups -OCH3 is 1. The van der Waals surface area contributed by atoms with E-state index in [9.17, 15) is 4.79 Å². The topological polar surface area (TPSA) is 56.8 Å². The molecule has 5 heteroatoms. The molecule has 1 aromatic carbocycles. The Kier molecular flexibility index (Phi) is 4.20. The molecule has 0 aliphatic carbocycles. The molecule has 0 fully saturated rings. The summed E-state index contributed by atoms with van der Waals surface area (Å²) in [5.74, 6) is 1.29. The van der Waals surface area contributed by atoms with Crippen molar-refractivity contribution in [2.75, 3.05) is 27.1 Å². The molecule has 0 spiro atoms. The van der Waals surface area contributed by atoms with Gasteiger partial charge in [0.25, 0.3) is 0 Å². The van der Waals surface area contributed by atoms with Crippen LogP contribution in [0.1, 0.15) is 5.56 Å². The maximum absolute atomic E-state index is 11.4. The summed E-state index contributed by atoms with van der Waals surface area (Å²) in [7, 11) is 1.59. The first-order valence-corrected chi connectivity index (χ1v) is 5.64. The third kappa shape index (κ3) is 3.24. The fourth-order valence-electron chi connectivity index (χ4n) is 1.52. The number of hydrogen-bond donors (Lipinski definition) is 1. The van der Waals surface area contributed by atoms with Crippen molar-refractivity contribution in [3.05, 3.63) is 29.8 Å². The number of carbonyl (C=O) groups is 1. The average Bonchev–Trinajstić information content (AvgIpc) is 2.84. The fourth-order valence-corrected chi connectivity index (χ4v) is 1.52. The van der Waals surface area contributed by atoms with Crippen molar-refractivity contribution in [1.82, 2.24) is 5.32 Å². The molecule has 5 nitrogen and oxygen atoms in total. The number of benzene rings is 1. The van der Waals surface area contributed by atoms with E-state index >= 15 is 0 Å². The van der Waals surface area contributed by atoms with Crippen LogP contribution in [0.5, 0.6) is 11.5 Å². The van der Waals surface area contributed by atoms with Crippen LogP contribution in [0.2, 0.25) is 0 Å². The predicted molar refractivity (Wildman–Crippen MR) is 66.5 cm³/mol.